The Labute approximate surface area is 91.3 Å². The van der Waals surface area contributed by atoms with Crippen LogP contribution in [-0.2, 0) is 13.1 Å². The van der Waals surface area contributed by atoms with Gasteiger partial charge in [-0.15, -0.1) is 0 Å². The number of aromatic nitrogens is 1. The van der Waals surface area contributed by atoms with Crippen molar-refractivity contribution in [2.24, 2.45) is 5.73 Å². The summed E-state index contributed by atoms with van der Waals surface area (Å²) >= 11 is 0. The summed E-state index contributed by atoms with van der Waals surface area (Å²) in [7, 11) is 0. The van der Waals surface area contributed by atoms with Gasteiger partial charge in [0.05, 0.1) is 5.69 Å². The maximum absolute atomic E-state index is 5.58. The fraction of sp³-hybridized carbons (Fsp3) is 0.583. The Hall–Kier alpha value is -0.930. The Kier molecular flexibility index (Phi) is 3.34. The van der Waals surface area contributed by atoms with E-state index in [1.165, 1.54) is 18.4 Å². The molecule has 0 saturated heterocycles. The third-order valence-corrected chi connectivity index (χ3v) is 2.95. The van der Waals surface area contributed by atoms with E-state index in [0.29, 0.717) is 6.54 Å². The second kappa shape index (κ2) is 4.73. The number of hydrogen-bond acceptors (Lipinski definition) is 3. The monoisotopic (exact) mass is 205 g/mol. The van der Waals surface area contributed by atoms with E-state index in [9.17, 15) is 0 Å². The first kappa shape index (κ1) is 10.6. The molecular weight excluding hydrogens is 186 g/mol. The van der Waals surface area contributed by atoms with Crippen LogP contribution in [0, 0.1) is 0 Å². The molecule has 3 nitrogen and oxygen atoms in total. The second-order valence-corrected chi connectivity index (χ2v) is 4.15. The van der Waals surface area contributed by atoms with Gasteiger partial charge in [-0.3, -0.25) is 9.88 Å². The Morgan fingerprint density at radius 3 is 2.93 bits per heavy atom. The molecule has 0 radical (unpaired) electrons. The Morgan fingerprint density at radius 1 is 1.53 bits per heavy atom. The van der Waals surface area contributed by atoms with Crippen LogP contribution in [0.15, 0.2) is 18.3 Å². The molecule has 0 unspecified atom stereocenters. The molecule has 1 aromatic rings. The van der Waals surface area contributed by atoms with Gasteiger partial charge in [-0.1, -0.05) is 6.92 Å². The summed E-state index contributed by atoms with van der Waals surface area (Å²) in [5, 5.41) is 0. The summed E-state index contributed by atoms with van der Waals surface area (Å²) in [6.45, 7) is 4.92. The van der Waals surface area contributed by atoms with Crippen LogP contribution in [0.4, 0.5) is 0 Å². The molecule has 1 aliphatic rings. The van der Waals surface area contributed by atoms with E-state index >= 15 is 0 Å². The minimum Gasteiger partial charge on any atom is -0.325 e. The van der Waals surface area contributed by atoms with Crippen LogP contribution in [0.2, 0.25) is 0 Å². The minimum absolute atomic E-state index is 0.531. The second-order valence-electron chi connectivity index (χ2n) is 4.15. The highest BCUT2D eigenvalue weighted by atomic mass is 15.2. The van der Waals surface area contributed by atoms with E-state index in [-0.39, 0.29) is 0 Å². The molecule has 82 valence electrons. The topological polar surface area (TPSA) is 42.2 Å². The number of pyridine rings is 1. The Balaban J connectivity index is 2.01. The number of rotatable bonds is 5. The quantitative estimate of drug-likeness (QED) is 0.792. The average Bonchev–Trinajstić information content (AvgIpc) is 3.10. The lowest BCUT2D eigenvalue weighted by Crippen LogP contribution is -2.25. The van der Waals surface area contributed by atoms with Gasteiger partial charge in [-0.25, -0.2) is 0 Å². The predicted molar refractivity (Wildman–Crippen MR) is 61.2 cm³/mol. The number of nitrogens with two attached hydrogens (primary N) is 1. The molecule has 1 aliphatic carbocycles. The SMILES string of the molecule is CCN(Cc1ccnc(CN)c1)C1CC1. The summed E-state index contributed by atoms with van der Waals surface area (Å²) in [5.74, 6) is 0. The molecule has 1 saturated carbocycles. The Morgan fingerprint density at radius 2 is 2.33 bits per heavy atom. The van der Waals surface area contributed by atoms with Gasteiger partial charge in [0, 0.05) is 25.3 Å². The van der Waals surface area contributed by atoms with Gasteiger partial charge >= 0.3 is 0 Å². The maximum atomic E-state index is 5.58. The summed E-state index contributed by atoms with van der Waals surface area (Å²) < 4.78 is 0. The third kappa shape index (κ3) is 2.76. The van der Waals surface area contributed by atoms with Crippen molar-refractivity contribution in [3.63, 3.8) is 0 Å². The van der Waals surface area contributed by atoms with Crippen LogP contribution in [0.5, 0.6) is 0 Å². The number of hydrogen-bond donors (Lipinski definition) is 1. The molecule has 2 N–H and O–H groups in total. The molecule has 0 spiro atoms. The molecule has 3 heteroatoms. The van der Waals surface area contributed by atoms with E-state index in [2.05, 4.69) is 28.9 Å². The van der Waals surface area contributed by atoms with Crippen molar-refractivity contribution in [1.82, 2.24) is 9.88 Å². The average molecular weight is 205 g/mol. The highest BCUT2D eigenvalue weighted by Crippen LogP contribution is 2.27. The molecule has 15 heavy (non-hydrogen) atoms. The predicted octanol–water partition coefficient (Wildman–Crippen LogP) is 1.52. The molecule has 1 aromatic heterocycles. The van der Waals surface area contributed by atoms with Crippen molar-refractivity contribution in [3.8, 4) is 0 Å². The highest BCUT2D eigenvalue weighted by molar-refractivity contribution is 5.16. The first-order valence-electron chi connectivity index (χ1n) is 5.71. The zero-order valence-electron chi connectivity index (χ0n) is 9.32. The first-order chi connectivity index (χ1) is 7.33. The summed E-state index contributed by atoms with van der Waals surface area (Å²) in [5.41, 5.74) is 7.90. The zero-order valence-corrected chi connectivity index (χ0v) is 9.32. The molecule has 2 rings (SSSR count). The van der Waals surface area contributed by atoms with Gasteiger partial charge in [-0.05, 0) is 37.1 Å². The van der Waals surface area contributed by atoms with E-state index in [0.717, 1.165) is 24.8 Å². The first-order valence-corrected chi connectivity index (χ1v) is 5.71. The van der Waals surface area contributed by atoms with Gasteiger partial charge in [0.1, 0.15) is 0 Å². The van der Waals surface area contributed by atoms with Crippen molar-refractivity contribution in [2.75, 3.05) is 6.54 Å². The lowest BCUT2D eigenvalue weighted by Gasteiger charge is -2.19. The van der Waals surface area contributed by atoms with Crippen molar-refractivity contribution in [3.05, 3.63) is 29.6 Å². The highest BCUT2D eigenvalue weighted by Gasteiger charge is 2.27. The zero-order chi connectivity index (χ0) is 10.7. The maximum Gasteiger partial charge on any atom is 0.0542 e. The van der Waals surface area contributed by atoms with Crippen LogP contribution in [0.1, 0.15) is 31.0 Å². The van der Waals surface area contributed by atoms with E-state index < -0.39 is 0 Å². The van der Waals surface area contributed by atoms with E-state index in [4.69, 9.17) is 5.73 Å². The van der Waals surface area contributed by atoms with Crippen molar-refractivity contribution < 1.29 is 0 Å². The molecule has 0 bridgehead atoms. The van der Waals surface area contributed by atoms with Gasteiger partial charge < -0.3 is 5.73 Å². The van der Waals surface area contributed by atoms with E-state index in [1.54, 1.807) is 0 Å². The molecule has 0 amide bonds. The van der Waals surface area contributed by atoms with Gasteiger partial charge in [-0.2, -0.15) is 0 Å². The standard InChI is InChI=1S/C12H19N3/c1-2-15(12-3-4-12)9-10-5-6-14-11(7-10)8-13/h5-7,12H,2-4,8-9,13H2,1H3. The van der Waals surface area contributed by atoms with Crippen molar-refractivity contribution >= 4 is 0 Å². The van der Waals surface area contributed by atoms with E-state index in [1.807, 2.05) is 6.20 Å². The molecule has 1 fully saturated rings. The van der Waals surface area contributed by atoms with Crippen LogP contribution < -0.4 is 5.73 Å². The van der Waals surface area contributed by atoms with Gasteiger partial charge in [0.2, 0.25) is 0 Å². The fourth-order valence-corrected chi connectivity index (χ4v) is 1.91. The van der Waals surface area contributed by atoms with Crippen LogP contribution in [0.3, 0.4) is 0 Å². The van der Waals surface area contributed by atoms with Crippen LogP contribution >= 0.6 is 0 Å². The normalized spacial score (nSPS) is 15.9. The molecule has 1 heterocycles. The smallest absolute Gasteiger partial charge is 0.0542 e. The minimum atomic E-state index is 0.531. The lowest BCUT2D eigenvalue weighted by molar-refractivity contribution is 0.269. The van der Waals surface area contributed by atoms with Gasteiger partial charge in [0.15, 0.2) is 0 Å². The summed E-state index contributed by atoms with van der Waals surface area (Å²) in [6.07, 6.45) is 4.59. The van der Waals surface area contributed by atoms with Crippen LogP contribution in [0.25, 0.3) is 0 Å². The summed E-state index contributed by atoms with van der Waals surface area (Å²) in [4.78, 5) is 6.73. The third-order valence-electron chi connectivity index (χ3n) is 2.95. The number of nitrogens with zero attached hydrogens (tertiary/aromatic N) is 2. The lowest BCUT2D eigenvalue weighted by atomic mass is 10.2. The van der Waals surface area contributed by atoms with Crippen molar-refractivity contribution in [2.45, 2.75) is 38.9 Å². The largest absolute Gasteiger partial charge is 0.325 e. The molecule has 0 atom stereocenters. The molecule has 0 aromatic carbocycles. The van der Waals surface area contributed by atoms with Crippen LogP contribution in [-0.4, -0.2) is 22.5 Å². The Bertz CT molecular complexity index is 320. The summed E-state index contributed by atoms with van der Waals surface area (Å²) in [6, 6.07) is 5.03. The van der Waals surface area contributed by atoms with Crippen molar-refractivity contribution in [1.29, 1.82) is 0 Å². The van der Waals surface area contributed by atoms with Gasteiger partial charge in [0.25, 0.3) is 0 Å². The molecule has 0 aliphatic heterocycles. The fourth-order valence-electron chi connectivity index (χ4n) is 1.91. The molecular formula is C12H19N3.